The minimum Gasteiger partial charge on any atom is -0.192 e. The van der Waals surface area contributed by atoms with Crippen LogP contribution >= 0.6 is 0 Å². The molecule has 15 heavy (non-hydrogen) atoms. The van der Waals surface area contributed by atoms with Crippen molar-refractivity contribution in [3.8, 4) is 6.07 Å². The third-order valence-corrected chi connectivity index (χ3v) is 2.12. The quantitative estimate of drug-likeness (QED) is 0.697. The van der Waals surface area contributed by atoms with Crippen LogP contribution in [0.1, 0.15) is 36.5 Å². The Morgan fingerprint density at radius 1 is 1.27 bits per heavy atom. The van der Waals surface area contributed by atoms with Gasteiger partial charge in [0.15, 0.2) is 0 Å². The number of hydrogen-bond donors (Lipinski definition) is 0. The molecule has 0 saturated heterocycles. The van der Waals surface area contributed by atoms with Gasteiger partial charge in [0, 0.05) is 0 Å². The predicted octanol–water partition coefficient (Wildman–Crippen LogP) is 3.70. The van der Waals surface area contributed by atoms with E-state index in [1.54, 1.807) is 6.07 Å². The van der Waals surface area contributed by atoms with E-state index >= 15 is 0 Å². The molecule has 0 aliphatic carbocycles. The number of hydrogen-bond acceptors (Lipinski definition) is 1. The zero-order chi connectivity index (χ0) is 11.6. The van der Waals surface area contributed by atoms with Crippen molar-refractivity contribution < 1.29 is 13.2 Å². The molecule has 0 fully saturated rings. The van der Waals surface area contributed by atoms with Gasteiger partial charge in [0.25, 0.3) is 0 Å². The molecule has 1 aromatic rings. The van der Waals surface area contributed by atoms with E-state index in [0.717, 1.165) is 12.1 Å². The number of benzene rings is 1. The van der Waals surface area contributed by atoms with Gasteiger partial charge in [0.1, 0.15) is 0 Å². The van der Waals surface area contributed by atoms with Gasteiger partial charge in [0.05, 0.1) is 17.2 Å². The first-order valence-corrected chi connectivity index (χ1v) is 4.47. The van der Waals surface area contributed by atoms with E-state index < -0.39 is 11.7 Å². The van der Waals surface area contributed by atoms with E-state index in [9.17, 15) is 13.2 Å². The van der Waals surface area contributed by atoms with Crippen molar-refractivity contribution in [2.24, 2.45) is 0 Å². The number of halogens is 3. The lowest BCUT2D eigenvalue weighted by Gasteiger charge is -2.11. The Morgan fingerprint density at radius 3 is 2.27 bits per heavy atom. The highest BCUT2D eigenvalue weighted by atomic mass is 19.4. The van der Waals surface area contributed by atoms with Crippen LogP contribution in [-0.2, 0) is 6.18 Å². The van der Waals surface area contributed by atoms with Crippen LogP contribution in [0.2, 0.25) is 0 Å². The van der Waals surface area contributed by atoms with Gasteiger partial charge in [0.2, 0.25) is 0 Å². The van der Waals surface area contributed by atoms with Crippen molar-refractivity contribution in [3.63, 3.8) is 0 Å². The molecule has 0 heterocycles. The van der Waals surface area contributed by atoms with Crippen LogP contribution in [0.4, 0.5) is 13.2 Å². The average molecular weight is 213 g/mol. The first-order chi connectivity index (χ1) is 6.86. The highest BCUT2D eigenvalue weighted by Gasteiger charge is 2.31. The van der Waals surface area contributed by atoms with Crippen LogP contribution in [0, 0.1) is 11.3 Å². The average Bonchev–Trinajstić information content (AvgIpc) is 2.15. The monoisotopic (exact) mass is 213 g/mol. The van der Waals surface area contributed by atoms with Gasteiger partial charge >= 0.3 is 6.18 Å². The molecule has 0 aliphatic rings. The molecule has 0 unspecified atom stereocenters. The summed E-state index contributed by atoms with van der Waals surface area (Å²) in [5.74, 6) is 0.0435. The maximum Gasteiger partial charge on any atom is 0.416 e. The van der Waals surface area contributed by atoms with E-state index in [2.05, 4.69) is 0 Å². The van der Waals surface area contributed by atoms with Crippen LogP contribution < -0.4 is 0 Å². The van der Waals surface area contributed by atoms with Crippen molar-refractivity contribution in [2.75, 3.05) is 0 Å². The molecule has 0 radical (unpaired) electrons. The van der Waals surface area contributed by atoms with Crippen LogP contribution in [0.3, 0.4) is 0 Å². The molecule has 80 valence electrons. The fourth-order valence-corrected chi connectivity index (χ4v) is 1.33. The maximum absolute atomic E-state index is 12.3. The lowest BCUT2D eigenvalue weighted by molar-refractivity contribution is -0.137. The summed E-state index contributed by atoms with van der Waals surface area (Å²) in [6.45, 7) is 3.67. The molecular formula is C11H10F3N. The molecule has 1 rings (SSSR count). The number of alkyl halides is 3. The van der Waals surface area contributed by atoms with Gasteiger partial charge in [-0.25, -0.2) is 0 Å². The topological polar surface area (TPSA) is 23.8 Å². The molecule has 0 aromatic heterocycles. The summed E-state index contributed by atoms with van der Waals surface area (Å²) in [5.41, 5.74) is -0.0335. The van der Waals surface area contributed by atoms with E-state index in [1.807, 2.05) is 13.8 Å². The Labute approximate surface area is 86.1 Å². The molecule has 0 bridgehead atoms. The number of rotatable bonds is 1. The Hall–Kier alpha value is -1.50. The Balaban J connectivity index is 3.27. The van der Waals surface area contributed by atoms with Crippen LogP contribution in [-0.4, -0.2) is 0 Å². The third kappa shape index (κ3) is 2.50. The molecule has 0 N–H and O–H groups in total. The highest BCUT2D eigenvalue weighted by molar-refractivity contribution is 5.43. The van der Waals surface area contributed by atoms with E-state index in [1.165, 1.54) is 6.07 Å². The molecular weight excluding hydrogens is 203 g/mol. The summed E-state index contributed by atoms with van der Waals surface area (Å²) >= 11 is 0. The molecule has 0 saturated carbocycles. The van der Waals surface area contributed by atoms with E-state index in [4.69, 9.17) is 5.26 Å². The highest BCUT2D eigenvalue weighted by Crippen LogP contribution is 2.31. The van der Waals surface area contributed by atoms with E-state index in [0.29, 0.717) is 5.56 Å². The summed E-state index contributed by atoms with van der Waals surface area (Å²) < 4.78 is 37.0. The maximum atomic E-state index is 12.3. The van der Waals surface area contributed by atoms with Crippen molar-refractivity contribution in [3.05, 3.63) is 34.9 Å². The Morgan fingerprint density at radius 2 is 1.87 bits per heavy atom. The van der Waals surface area contributed by atoms with Gasteiger partial charge in [-0.05, 0) is 23.6 Å². The summed E-state index contributed by atoms with van der Waals surface area (Å²) in [6.07, 6.45) is -4.39. The minimum atomic E-state index is -4.39. The van der Waals surface area contributed by atoms with E-state index in [-0.39, 0.29) is 11.5 Å². The zero-order valence-corrected chi connectivity index (χ0v) is 8.39. The summed E-state index contributed by atoms with van der Waals surface area (Å²) in [5, 5.41) is 8.74. The molecule has 1 aromatic carbocycles. The normalized spacial score (nSPS) is 11.5. The van der Waals surface area contributed by atoms with Gasteiger partial charge in [-0.2, -0.15) is 18.4 Å². The second kappa shape index (κ2) is 3.93. The molecule has 1 nitrogen and oxygen atoms in total. The Bertz CT molecular complexity index is 399. The van der Waals surface area contributed by atoms with Crippen molar-refractivity contribution in [1.29, 1.82) is 5.26 Å². The largest absolute Gasteiger partial charge is 0.416 e. The summed E-state index contributed by atoms with van der Waals surface area (Å²) in [7, 11) is 0. The third-order valence-electron chi connectivity index (χ3n) is 2.12. The lowest BCUT2D eigenvalue weighted by Crippen LogP contribution is -2.06. The standard InChI is InChI=1S/C11H10F3N/c1-7(2)10-4-3-9(11(12,13)14)5-8(10)6-15/h3-5,7H,1-2H3. The fourth-order valence-electron chi connectivity index (χ4n) is 1.33. The van der Waals surface area contributed by atoms with Crippen molar-refractivity contribution in [2.45, 2.75) is 25.9 Å². The van der Waals surface area contributed by atoms with Gasteiger partial charge < -0.3 is 0 Å². The van der Waals surface area contributed by atoms with Gasteiger partial charge in [-0.15, -0.1) is 0 Å². The van der Waals surface area contributed by atoms with Gasteiger partial charge in [-0.3, -0.25) is 0 Å². The second-order valence-electron chi connectivity index (χ2n) is 3.57. The summed E-state index contributed by atoms with van der Waals surface area (Å²) in [6, 6.07) is 5.06. The molecule has 0 spiro atoms. The predicted molar refractivity (Wildman–Crippen MR) is 50.2 cm³/mol. The van der Waals surface area contributed by atoms with Crippen molar-refractivity contribution >= 4 is 0 Å². The number of nitrogens with zero attached hydrogens (tertiary/aromatic N) is 1. The molecule has 4 heteroatoms. The first kappa shape index (κ1) is 11.6. The fraction of sp³-hybridized carbons (Fsp3) is 0.364. The minimum absolute atomic E-state index is 0.0435. The molecule has 0 aliphatic heterocycles. The number of nitriles is 1. The molecule has 0 amide bonds. The van der Waals surface area contributed by atoms with Crippen LogP contribution in [0.15, 0.2) is 18.2 Å². The SMILES string of the molecule is CC(C)c1ccc(C(F)(F)F)cc1C#N. The van der Waals surface area contributed by atoms with Crippen LogP contribution in [0.5, 0.6) is 0 Å². The van der Waals surface area contributed by atoms with Crippen LogP contribution in [0.25, 0.3) is 0 Å². The lowest BCUT2D eigenvalue weighted by atomic mass is 9.96. The molecule has 0 atom stereocenters. The first-order valence-electron chi connectivity index (χ1n) is 4.47. The summed E-state index contributed by atoms with van der Waals surface area (Å²) in [4.78, 5) is 0. The zero-order valence-electron chi connectivity index (χ0n) is 8.39. The smallest absolute Gasteiger partial charge is 0.192 e. The van der Waals surface area contributed by atoms with Gasteiger partial charge in [-0.1, -0.05) is 19.9 Å². The van der Waals surface area contributed by atoms with Crippen molar-refractivity contribution in [1.82, 2.24) is 0 Å². The second-order valence-corrected chi connectivity index (χ2v) is 3.57. The Kier molecular flexibility index (Phi) is 3.04.